The minimum absolute atomic E-state index is 0.185. The normalized spacial score (nSPS) is 10.1. The molecule has 0 spiro atoms. The predicted molar refractivity (Wildman–Crippen MR) is 75.2 cm³/mol. The van der Waals surface area contributed by atoms with Gasteiger partial charge in [-0.25, -0.2) is 4.98 Å². The van der Waals surface area contributed by atoms with Crippen molar-refractivity contribution in [3.8, 4) is 0 Å². The van der Waals surface area contributed by atoms with Crippen molar-refractivity contribution >= 4 is 23.4 Å². The van der Waals surface area contributed by atoms with Crippen LogP contribution in [-0.2, 0) is 0 Å². The molecule has 4 heteroatoms. The molecule has 1 aromatic carbocycles. The van der Waals surface area contributed by atoms with Gasteiger partial charge in [0.25, 0.3) is 5.91 Å². The van der Waals surface area contributed by atoms with Crippen molar-refractivity contribution < 1.29 is 4.79 Å². The number of carbonyl (C=O) groups excluding carboxylic acids is 1. The maximum Gasteiger partial charge on any atom is 0.274 e. The maximum absolute atomic E-state index is 11.9. The fourth-order valence-corrected chi connectivity index (χ4v) is 1.95. The second kappa shape index (κ2) is 5.69. The van der Waals surface area contributed by atoms with Crippen molar-refractivity contribution in [1.29, 1.82) is 0 Å². The molecule has 1 aromatic heterocycles. The molecule has 0 atom stereocenters. The largest absolute Gasteiger partial charge is 0.321 e. The summed E-state index contributed by atoms with van der Waals surface area (Å²) >= 11 is 1.67. The molecule has 1 amide bonds. The fourth-order valence-electron chi connectivity index (χ4n) is 1.54. The molecule has 3 nitrogen and oxygen atoms in total. The van der Waals surface area contributed by atoms with E-state index in [1.165, 1.54) is 4.90 Å². The van der Waals surface area contributed by atoms with Gasteiger partial charge in [0.2, 0.25) is 0 Å². The summed E-state index contributed by atoms with van der Waals surface area (Å²) in [4.78, 5) is 17.3. The number of hydrogen-bond acceptors (Lipinski definition) is 3. The minimum atomic E-state index is -0.185. The third-order valence-corrected chi connectivity index (χ3v) is 3.21. The quantitative estimate of drug-likeness (QED) is 0.858. The zero-order chi connectivity index (χ0) is 13.0. The Balaban J connectivity index is 2.11. The predicted octanol–water partition coefficient (Wildman–Crippen LogP) is 3.36. The van der Waals surface area contributed by atoms with Gasteiger partial charge in [-0.1, -0.05) is 6.07 Å². The highest BCUT2D eigenvalue weighted by Gasteiger charge is 2.07. The summed E-state index contributed by atoms with van der Waals surface area (Å²) in [5, 5.41) is 2.83. The summed E-state index contributed by atoms with van der Waals surface area (Å²) in [7, 11) is 0. The van der Waals surface area contributed by atoms with Gasteiger partial charge in [0.15, 0.2) is 0 Å². The number of rotatable bonds is 3. The van der Waals surface area contributed by atoms with Crippen molar-refractivity contribution in [1.82, 2.24) is 4.98 Å². The van der Waals surface area contributed by atoms with E-state index in [-0.39, 0.29) is 5.91 Å². The van der Waals surface area contributed by atoms with Gasteiger partial charge in [0.05, 0.1) is 0 Å². The molecule has 0 radical (unpaired) electrons. The molecule has 0 aliphatic carbocycles. The Hall–Kier alpha value is -1.81. The first kappa shape index (κ1) is 12.6. The van der Waals surface area contributed by atoms with E-state index in [0.717, 1.165) is 11.4 Å². The highest BCUT2D eigenvalue weighted by Crippen LogP contribution is 2.17. The molecule has 2 rings (SSSR count). The van der Waals surface area contributed by atoms with Gasteiger partial charge >= 0.3 is 0 Å². The van der Waals surface area contributed by atoms with E-state index >= 15 is 0 Å². The van der Waals surface area contributed by atoms with Crippen LogP contribution >= 0.6 is 11.8 Å². The Labute approximate surface area is 111 Å². The van der Waals surface area contributed by atoms with Gasteiger partial charge < -0.3 is 5.32 Å². The van der Waals surface area contributed by atoms with Gasteiger partial charge in [-0.05, 0) is 49.6 Å². The Morgan fingerprint density at radius 1 is 1.17 bits per heavy atom. The number of thioether (sulfide) groups is 1. The number of nitrogens with zero attached hydrogens (tertiary/aromatic N) is 1. The highest BCUT2D eigenvalue weighted by molar-refractivity contribution is 7.98. The molecule has 0 fully saturated rings. The molecule has 1 N–H and O–H groups in total. The van der Waals surface area contributed by atoms with Crippen LogP contribution in [0.3, 0.4) is 0 Å². The average Bonchev–Trinajstić information content (AvgIpc) is 2.39. The summed E-state index contributed by atoms with van der Waals surface area (Å²) in [6.45, 7) is 1.87. The summed E-state index contributed by atoms with van der Waals surface area (Å²) in [6.07, 6.45) is 2.02. The Morgan fingerprint density at radius 2 is 1.89 bits per heavy atom. The van der Waals surface area contributed by atoms with Crippen LogP contribution in [-0.4, -0.2) is 17.1 Å². The van der Waals surface area contributed by atoms with Crippen molar-refractivity contribution in [2.75, 3.05) is 11.6 Å². The van der Waals surface area contributed by atoms with Crippen LogP contribution < -0.4 is 5.32 Å². The SMILES string of the molecule is CSc1ccc(NC(=O)c2cccc(C)n2)cc1. The second-order valence-electron chi connectivity index (χ2n) is 3.85. The molecule has 0 saturated heterocycles. The molecule has 92 valence electrons. The van der Waals surface area contributed by atoms with Gasteiger partial charge in [0, 0.05) is 16.3 Å². The monoisotopic (exact) mass is 258 g/mol. The molecular formula is C14H14N2OS. The van der Waals surface area contributed by atoms with Crippen molar-refractivity contribution in [2.24, 2.45) is 0 Å². The fraction of sp³-hybridized carbons (Fsp3) is 0.143. The number of aryl methyl sites for hydroxylation is 1. The Bertz CT molecular complexity index is 552. The summed E-state index contributed by atoms with van der Waals surface area (Å²) in [6, 6.07) is 13.1. The van der Waals surface area contributed by atoms with Gasteiger partial charge in [-0.3, -0.25) is 4.79 Å². The lowest BCUT2D eigenvalue weighted by Crippen LogP contribution is -2.13. The number of hydrogen-bond donors (Lipinski definition) is 1. The molecule has 0 aliphatic heterocycles. The Morgan fingerprint density at radius 3 is 2.50 bits per heavy atom. The lowest BCUT2D eigenvalue weighted by Gasteiger charge is -2.05. The highest BCUT2D eigenvalue weighted by atomic mass is 32.2. The molecule has 0 bridgehead atoms. The minimum Gasteiger partial charge on any atom is -0.321 e. The molecule has 0 unspecified atom stereocenters. The number of carbonyl (C=O) groups is 1. The topological polar surface area (TPSA) is 42.0 Å². The lowest BCUT2D eigenvalue weighted by atomic mass is 10.2. The third kappa shape index (κ3) is 3.11. The van der Waals surface area contributed by atoms with Crippen LogP contribution in [0.4, 0.5) is 5.69 Å². The van der Waals surface area contributed by atoms with Crippen LogP contribution in [0.1, 0.15) is 16.2 Å². The Kier molecular flexibility index (Phi) is 3.99. The van der Waals surface area contributed by atoms with Crippen LogP contribution in [0.5, 0.6) is 0 Å². The zero-order valence-electron chi connectivity index (χ0n) is 10.3. The van der Waals surface area contributed by atoms with Crippen LogP contribution in [0.15, 0.2) is 47.4 Å². The molecule has 0 aliphatic rings. The van der Waals surface area contributed by atoms with Gasteiger partial charge in [-0.15, -0.1) is 11.8 Å². The van der Waals surface area contributed by atoms with Crippen molar-refractivity contribution in [3.05, 3.63) is 53.9 Å². The van der Waals surface area contributed by atoms with E-state index in [4.69, 9.17) is 0 Å². The summed E-state index contributed by atoms with van der Waals surface area (Å²) < 4.78 is 0. The van der Waals surface area contributed by atoms with Crippen LogP contribution in [0.25, 0.3) is 0 Å². The first-order valence-electron chi connectivity index (χ1n) is 5.58. The average molecular weight is 258 g/mol. The summed E-state index contributed by atoms with van der Waals surface area (Å²) in [5.74, 6) is -0.185. The maximum atomic E-state index is 11.9. The second-order valence-corrected chi connectivity index (χ2v) is 4.73. The first-order chi connectivity index (χ1) is 8.69. The number of benzene rings is 1. The van der Waals surface area contributed by atoms with Gasteiger partial charge in [0.1, 0.15) is 5.69 Å². The third-order valence-electron chi connectivity index (χ3n) is 2.47. The van der Waals surface area contributed by atoms with E-state index in [2.05, 4.69) is 10.3 Å². The molecule has 1 heterocycles. The van der Waals surface area contributed by atoms with E-state index in [9.17, 15) is 4.79 Å². The van der Waals surface area contributed by atoms with Crippen molar-refractivity contribution in [3.63, 3.8) is 0 Å². The number of aromatic nitrogens is 1. The zero-order valence-corrected chi connectivity index (χ0v) is 11.1. The molecule has 0 saturated carbocycles. The number of anilines is 1. The lowest BCUT2D eigenvalue weighted by molar-refractivity contribution is 0.102. The van der Waals surface area contributed by atoms with Crippen molar-refractivity contribution in [2.45, 2.75) is 11.8 Å². The van der Waals surface area contributed by atoms with Crippen LogP contribution in [0, 0.1) is 6.92 Å². The van der Waals surface area contributed by atoms with E-state index < -0.39 is 0 Å². The molecule has 18 heavy (non-hydrogen) atoms. The first-order valence-corrected chi connectivity index (χ1v) is 6.80. The van der Waals surface area contributed by atoms with E-state index in [1.807, 2.05) is 49.6 Å². The smallest absolute Gasteiger partial charge is 0.274 e. The standard InChI is InChI=1S/C14H14N2OS/c1-10-4-3-5-13(15-10)14(17)16-11-6-8-12(18-2)9-7-11/h3-9H,1-2H3,(H,16,17). The summed E-state index contributed by atoms with van der Waals surface area (Å²) in [5.41, 5.74) is 2.05. The van der Waals surface area contributed by atoms with E-state index in [0.29, 0.717) is 5.69 Å². The van der Waals surface area contributed by atoms with Crippen LogP contribution in [0.2, 0.25) is 0 Å². The molecule has 2 aromatic rings. The molecular weight excluding hydrogens is 244 g/mol. The number of pyridine rings is 1. The number of nitrogens with one attached hydrogen (secondary N) is 1. The number of amides is 1. The van der Waals surface area contributed by atoms with E-state index in [1.54, 1.807) is 17.8 Å². The van der Waals surface area contributed by atoms with Gasteiger partial charge in [-0.2, -0.15) is 0 Å².